The van der Waals surface area contributed by atoms with E-state index in [9.17, 15) is 4.79 Å². The number of hydrogen-bond donors (Lipinski definition) is 0. The van der Waals surface area contributed by atoms with Crippen LogP contribution in [0.3, 0.4) is 0 Å². The Morgan fingerprint density at radius 2 is 1.58 bits per heavy atom. The fourth-order valence-electron chi connectivity index (χ4n) is 4.44. The van der Waals surface area contributed by atoms with Gasteiger partial charge in [0.15, 0.2) is 0 Å². The summed E-state index contributed by atoms with van der Waals surface area (Å²) < 4.78 is 6.37. The quantitative estimate of drug-likeness (QED) is 0.620. The Bertz CT molecular complexity index is 1010. The molecule has 2 aromatic carbocycles. The minimum absolute atomic E-state index is 0. The lowest BCUT2D eigenvalue weighted by Gasteiger charge is -2.40. The van der Waals surface area contributed by atoms with Gasteiger partial charge in [-0.1, -0.05) is 54.6 Å². The number of carbonyl (C=O) groups excluding carboxylic acids is 1. The van der Waals surface area contributed by atoms with Crippen LogP contribution in [-0.2, 0) is 11.2 Å². The highest BCUT2D eigenvalue weighted by molar-refractivity contribution is 5.85. The SMILES string of the molecule is Cl.O=C(C1Cc2ccccc2OC1c1ccccc1)N1CCN(c2ccccn2)CC1. The minimum Gasteiger partial charge on any atom is -0.485 e. The fraction of sp³-hybridized carbons (Fsp3) is 0.280. The standard InChI is InChI=1S/C25H25N3O2.ClH/c29-25(28-16-14-27(15-17-28)23-12-6-7-13-26-23)21-18-20-10-4-5-11-22(20)30-24(21)19-8-2-1-3-9-19;/h1-13,21,24H,14-18H2;1H. The summed E-state index contributed by atoms with van der Waals surface area (Å²) in [5, 5.41) is 0. The maximum atomic E-state index is 13.6. The third kappa shape index (κ3) is 4.37. The molecule has 160 valence electrons. The van der Waals surface area contributed by atoms with E-state index >= 15 is 0 Å². The van der Waals surface area contributed by atoms with E-state index in [0.29, 0.717) is 19.5 Å². The summed E-state index contributed by atoms with van der Waals surface area (Å²) in [6, 6.07) is 24.1. The van der Waals surface area contributed by atoms with Crippen molar-refractivity contribution in [1.29, 1.82) is 0 Å². The molecule has 31 heavy (non-hydrogen) atoms. The van der Waals surface area contributed by atoms with E-state index in [1.807, 2.05) is 65.7 Å². The summed E-state index contributed by atoms with van der Waals surface area (Å²) in [7, 11) is 0. The third-order valence-electron chi connectivity index (χ3n) is 6.04. The maximum Gasteiger partial charge on any atom is 0.230 e. The van der Waals surface area contributed by atoms with Crippen molar-refractivity contribution in [1.82, 2.24) is 9.88 Å². The zero-order valence-corrected chi connectivity index (χ0v) is 18.1. The Hall–Kier alpha value is -3.05. The molecule has 5 nitrogen and oxygen atoms in total. The Balaban J connectivity index is 0.00000231. The number of piperazine rings is 1. The van der Waals surface area contributed by atoms with Gasteiger partial charge in [-0.3, -0.25) is 4.79 Å². The largest absolute Gasteiger partial charge is 0.485 e. The average molecular weight is 436 g/mol. The number of nitrogens with zero attached hydrogens (tertiary/aromatic N) is 3. The maximum absolute atomic E-state index is 13.6. The molecule has 0 aliphatic carbocycles. The van der Waals surface area contributed by atoms with Gasteiger partial charge < -0.3 is 14.5 Å². The second-order valence-corrected chi connectivity index (χ2v) is 7.87. The molecule has 2 atom stereocenters. The first-order valence-electron chi connectivity index (χ1n) is 10.5. The predicted molar refractivity (Wildman–Crippen MR) is 124 cm³/mol. The van der Waals surface area contributed by atoms with Crippen LogP contribution in [0, 0.1) is 5.92 Å². The number of benzene rings is 2. The van der Waals surface area contributed by atoms with Gasteiger partial charge in [0.25, 0.3) is 0 Å². The molecule has 1 fully saturated rings. The Morgan fingerprint density at radius 3 is 2.32 bits per heavy atom. The molecule has 3 heterocycles. The lowest BCUT2D eigenvalue weighted by atomic mass is 9.85. The van der Waals surface area contributed by atoms with Gasteiger partial charge in [0.2, 0.25) is 5.91 Å². The van der Waals surface area contributed by atoms with Crippen molar-refractivity contribution < 1.29 is 9.53 Å². The number of para-hydroxylation sites is 1. The summed E-state index contributed by atoms with van der Waals surface area (Å²) in [6.45, 7) is 3.00. The van der Waals surface area contributed by atoms with Crippen LogP contribution in [0.4, 0.5) is 5.82 Å². The van der Waals surface area contributed by atoms with Crippen molar-refractivity contribution in [3.63, 3.8) is 0 Å². The molecule has 1 aromatic heterocycles. The first kappa shape index (κ1) is 21.2. The van der Waals surface area contributed by atoms with Crippen LogP contribution < -0.4 is 9.64 Å². The molecule has 0 N–H and O–H groups in total. The number of anilines is 1. The number of halogens is 1. The van der Waals surface area contributed by atoms with Crippen LogP contribution >= 0.6 is 12.4 Å². The first-order chi connectivity index (χ1) is 14.8. The summed E-state index contributed by atoms with van der Waals surface area (Å²) in [5.41, 5.74) is 2.16. The molecule has 0 bridgehead atoms. The lowest BCUT2D eigenvalue weighted by Crippen LogP contribution is -2.52. The molecule has 3 aromatic rings. The summed E-state index contributed by atoms with van der Waals surface area (Å²) in [5.74, 6) is 1.82. The topological polar surface area (TPSA) is 45.7 Å². The van der Waals surface area contributed by atoms with Gasteiger partial charge in [-0.05, 0) is 35.7 Å². The molecule has 2 aliphatic rings. The monoisotopic (exact) mass is 435 g/mol. The molecule has 0 saturated carbocycles. The van der Waals surface area contributed by atoms with E-state index < -0.39 is 0 Å². The second-order valence-electron chi connectivity index (χ2n) is 7.87. The first-order valence-corrected chi connectivity index (χ1v) is 10.5. The predicted octanol–water partition coefficient (Wildman–Crippen LogP) is 4.14. The van der Waals surface area contributed by atoms with Gasteiger partial charge in [-0.25, -0.2) is 4.98 Å². The van der Waals surface area contributed by atoms with Crippen LogP contribution in [-0.4, -0.2) is 42.0 Å². The minimum atomic E-state index is -0.262. The highest BCUT2D eigenvalue weighted by atomic mass is 35.5. The molecule has 2 unspecified atom stereocenters. The summed E-state index contributed by atoms with van der Waals surface area (Å²) in [6.07, 6.45) is 2.26. The molecule has 1 amide bonds. The number of ether oxygens (including phenoxy) is 1. The zero-order chi connectivity index (χ0) is 20.3. The van der Waals surface area contributed by atoms with Gasteiger partial charge in [-0.2, -0.15) is 0 Å². The Morgan fingerprint density at radius 1 is 0.871 bits per heavy atom. The highest BCUT2D eigenvalue weighted by Crippen LogP contribution is 2.39. The van der Waals surface area contributed by atoms with Crippen LogP contribution in [0.5, 0.6) is 5.75 Å². The van der Waals surface area contributed by atoms with E-state index in [1.54, 1.807) is 0 Å². The van der Waals surface area contributed by atoms with Gasteiger partial charge in [0.05, 0.1) is 5.92 Å². The molecule has 1 saturated heterocycles. The number of aromatic nitrogens is 1. The average Bonchev–Trinajstić information content (AvgIpc) is 2.84. The van der Waals surface area contributed by atoms with E-state index in [0.717, 1.165) is 35.8 Å². The number of fused-ring (bicyclic) bond motifs is 1. The van der Waals surface area contributed by atoms with Crippen LogP contribution in [0.15, 0.2) is 79.0 Å². The normalized spacial score (nSPS) is 20.3. The summed E-state index contributed by atoms with van der Waals surface area (Å²) in [4.78, 5) is 22.3. The van der Waals surface area contributed by atoms with Crippen molar-refractivity contribution in [3.8, 4) is 5.75 Å². The molecule has 5 rings (SSSR count). The van der Waals surface area contributed by atoms with Gasteiger partial charge >= 0.3 is 0 Å². The number of hydrogen-bond acceptors (Lipinski definition) is 4. The summed E-state index contributed by atoms with van der Waals surface area (Å²) >= 11 is 0. The van der Waals surface area contributed by atoms with Crippen molar-refractivity contribution in [2.24, 2.45) is 5.92 Å². The molecule has 0 radical (unpaired) electrons. The van der Waals surface area contributed by atoms with Gasteiger partial charge in [-0.15, -0.1) is 12.4 Å². The number of rotatable bonds is 3. The van der Waals surface area contributed by atoms with Crippen LogP contribution in [0.1, 0.15) is 17.2 Å². The molecule has 6 heteroatoms. The number of carbonyl (C=O) groups is 1. The third-order valence-corrected chi connectivity index (χ3v) is 6.04. The van der Waals surface area contributed by atoms with Crippen LogP contribution in [0.2, 0.25) is 0 Å². The lowest BCUT2D eigenvalue weighted by molar-refractivity contribution is -0.139. The van der Waals surface area contributed by atoms with E-state index in [4.69, 9.17) is 4.74 Å². The van der Waals surface area contributed by atoms with Crippen molar-refractivity contribution in [2.75, 3.05) is 31.1 Å². The van der Waals surface area contributed by atoms with Crippen molar-refractivity contribution in [3.05, 3.63) is 90.1 Å². The van der Waals surface area contributed by atoms with Crippen LogP contribution in [0.25, 0.3) is 0 Å². The Kier molecular flexibility index (Phi) is 6.42. The molecule has 0 spiro atoms. The fourth-order valence-corrected chi connectivity index (χ4v) is 4.44. The number of pyridine rings is 1. The molecule has 2 aliphatic heterocycles. The van der Waals surface area contributed by atoms with E-state index in [2.05, 4.69) is 28.1 Å². The van der Waals surface area contributed by atoms with Gasteiger partial charge in [0, 0.05) is 32.4 Å². The second kappa shape index (κ2) is 9.40. The smallest absolute Gasteiger partial charge is 0.230 e. The van der Waals surface area contributed by atoms with Crippen molar-refractivity contribution in [2.45, 2.75) is 12.5 Å². The molecular formula is C25H26ClN3O2. The molecular weight excluding hydrogens is 410 g/mol. The van der Waals surface area contributed by atoms with Gasteiger partial charge in [0.1, 0.15) is 17.7 Å². The van der Waals surface area contributed by atoms with Crippen molar-refractivity contribution >= 4 is 24.1 Å². The number of amides is 1. The van der Waals surface area contributed by atoms with E-state index in [-0.39, 0.29) is 30.3 Å². The Labute approximate surface area is 189 Å². The van der Waals surface area contributed by atoms with E-state index in [1.165, 1.54) is 0 Å². The highest BCUT2D eigenvalue weighted by Gasteiger charge is 2.39. The zero-order valence-electron chi connectivity index (χ0n) is 17.3.